The van der Waals surface area contributed by atoms with Crippen molar-refractivity contribution in [2.24, 2.45) is 0 Å². The lowest BCUT2D eigenvalue weighted by Gasteiger charge is -2.06. The monoisotopic (exact) mass is 358 g/mol. The number of carbonyl (C=O) groups excluding carboxylic acids is 2. The number of para-hydroxylation sites is 1. The normalized spacial score (nSPS) is 10.4. The van der Waals surface area contributed by atoms with Crippen LogP contribution in [0, 0.1) is 6.92 Å². The molecule has 140 valence electrons. The fourth-order valence-corrected chi connectivity index (χ4v) is 2.51. The molecule has 26 heavy (non-hydrogen) atoms. The maximum absolute atomic E-state index is 11.7. The van der Waals surface area contributed by atoms with E-state index in [-0.39, 0.29) is 18.9 Å². The number of amides is 2. The summed E-state index contributed by atoms with van der Waals surface area (Å²) in [5, 5.41) is 9.93. The second-order valence-corrected chi connectivity index (χ2v) is 5.87. The van der Waals surface area contributed by atoms with E-state index in [1.54, 1.807) is 6.92 Å². The lowest BCUT2D eigenvalue weighted by molar-refractivity contribution is -0.120. The molecule has 0 atom stereocenters. The van der Waals surface area contributed by atoms with Gasteiger partial charge in [-0.05, 0) is 44.4 Å². The van der Waals surface area contributed by atoms with Gasteiger partial charge in [-0.1, -0.05) is 18.2 Å². The summed E-state index contributed by atoms with van der Waals surface area (Å²) in [6, 6.07) is 9.98. The Hall–Kier alpha value is -2.83. The van der Waals surface area contributed by atoms with Crippen LogP contribution in [-0.2, 0) is 16.0 Å². The zero-order valence-electron chi connectivity index (χ0n) is 15.3. The molecule has 1 aromatic carbocycles. The Morgan fingerprint density at radius 2 is 1.92 bits per heavy atom. The van der Waals surface area contributed by atoms with Crippen LogP contribution in [0.4, 0.5) is 4.79 Å². The standard InChI is InChI=1S/C19H26N4O3/c1-3-26-19(25)21-13-11-18(24)20-12-7-8-16-14-23(22-15(16)2)17-9-5-4-6-10-17/h4-6,9-10,14H,3,7-8,11-13H2,1-2H3,(H,20,24)(H,21,25). The Bertz CT molecular complexity index is 713. The largest absolute Gasteiger partial charge is 0.450 e. The summed E-state index contributed by atoms with van der Waals surface area (Å²) in [4.78, 5) is 22.8. The molecule has 0 fully saturated rings. The van der Waals surface area contributed by atoms with Gasteiger partial charge in [-0.15, -0.1) is 0 Å². The number of aryl methyl sites for hydroxylation is 2. The van der Waals surface area contributed by atoms with Crippen LogP contribution < -0.4 is 10.6 Å². The number of benzene rings is 1. The van der Waals surface area contributed by atoms with E-state index in [1.807, 2.05) is 48.1 Å². The second kappa shape index (κ2) is 10.2. The minimum atomic E-state index is -0.494. The summed E-state index contributed by atoms with van der Waals surface area (Å²) >= 11 is 0. The number of hydrogen-bond donors (Lipinski definition) is 2. The molecule has 2 rings (SSSR count). The highest BCUT2D eigenvalue weighted by atomic mass is 16.5. The molecule has 0 saturated heterocycles. The van der Waals surface area contributed by atoms with Gasteiger partial charge in [-0.2, -0.15) is 5.10 Å². The van der Waals surface area contributed by atoms with Gasteiger partial charge in [0.25, 0.3) is 0 Å². The van der Waals surface area contributed by atoms with E-state index in [4.69, 9.17) is 4.74 Å². The smallest absolute Gasteiger partial charge is 0.407 e. The van der Waals surface area contributed by atoms with E-state index in [1.165, 1.54) is 5.56 Å². The molecule has 1 aromatic heterocycles. The molecule has 1 heterocycles. The van der Waals surface area contributed by atoms with Gasteiger partial charge in [0.1, 0.15) is 0 Å². The van der Waals surface area contributed by atoms with Gasteiger partial charge >= 0.3 is 6.09 Å². The van der Waals surface area contributed by atoms with Crippen molar-refractivity contribution >= 4 is 12.0 Å². The van der Waals surface area contributed by atoms with Gasteiger partial charge in [0.15, 0.2) is 0 Å². The number of alkyl carbamates (subject to hydrolysis) is 1. The number of aromatic nitrogens is 2. The summed E-state index contributed by atoms with van der Waals surface area (Å²) in [6.45, 7) is 4.91. The van der Waals surface area contributed by atoms with Crippen LogP contribution in [0.3, 0.4) is 0 Å². The molecule has 0 saturated carbocycles. The maximum Gasteiger partial charge on any atom is 0.407 e. The first-order chi connectivity index (χ1) is 12.6. The highest BCUT2D eigenvalue weighted by Gasteiger charge is 2.07. The van der Waals surface area contributed by atoms with Gasteiger partial charge in [0.05, 0.1) is 18.0 Å². The fourth-order valence-electron chi connectivity index (χ4n) is 2.51. The first-order valence-corrected chi connectivity index (χ1v) is 8.88. The maximum atomic E-state index is 11.7. The van der Waals surface area contributed by atoms with Crippen LogP contribution in [0.2, 0.25) is 0 Å². The summed E-state index contributed by atoms with van der Waals surface area (Å²) in [5.74, 6) is -0.0847. The lowest BCUT2D eigenvalue weighted by atomic mass is 10.1. The summed E-state index contributed by atoms with van der Waals surface area (Å²) < 4.78 is 6.61. The highest BCUT2D eigenvalue weighted by molar-refractivity contribution is 5.76. The summed E-state index contributed by atoms with van der Waals surface area (Å²) in [7, 11) is 0. The number of carbonyl (C=O) groups is 2. The van der Waals surface area contributed by atoms with Crippen molar-refractivity contribution < 1.29 is 14.3 Å². The predicted octanol–water partition coefficient (Wildman–Crippen LogP) is 2.37. The van der Waals surface area contributed by atoms with Crippen LogP contribution >= 0.6 is 0 Å². The SMILES string of the molecule is CCOC(=O)NCCC(=O)NCCCc1cn(-c2ccccc2)nc1C. The van der Waals surface area contributed by atoms with Crippen LogP contribution in [0.1, 0.15) is 31.0 Å². The van der Waals surface area contributed by atoms with Crippen molar-refractivity contribution in [1.82, 2.24) is 20.4 Å². The Balaban J connectivity index is 1.68. The van der Waals surface area contributed by atoms with Gasteiger partial charge in [-0.25, -0.2) is 9.48 Å². The van der Waals surface area contributed by atoms with E-state index < -0.39 is 6.09 Å². The predicted molar refractivity (Wildman–Crippen MR) is 99.3 cm³/mol. The molecule has 7 heteroatoms. The van der Waals surface area contributed by atoms with Crippen molar-refractivity contribution in [3.05, 3.63) is 47.8 Å². The molecule has 7 nitrogen and oxygen atoms in total. The molecule has 0 aliphatic heterocycles. The van der Waals surface area contributed by atoms with Crippen LogP contribution in [0.15, 0.2) is 36.5 Å². The molecule has 2 N–H and O–H groups in total. The number of nitrogens with one attached hydrogen (secondary N) is 2. The van der Waals surface area contributed by atoms with Gasteiger partial charge in [-0.3, -0.25) is 4.79 Å². The fraction of sp³-hybridized carbons (Fsp3) is 0.421. The summed E-state index contributed by atoms with van der Waals surface area (Å²) in [6.07, 6.45) is 3.46. The van der Waals surface area contributed by atoms with Crippen molar-refractivity contribution in [1.29, 1.82) is 0 Å². The average molecular weight is 358 g/mol. The van der Waals surface area contributed by atoms with Crippen LogP contribution in [-0.4, -0.2) is 41.5 Å². The summed E-state index contributed by atoms with van der Waals surface area (Å²) in [5.41, 5.74) is 3.20. The van der Waals surface area contributed by atoms with Crippen LogP contribution in [0.5, 0.6) is 0 Å². The Kier molecular flexibility index (Phi) is 7.67. The lowest BCUT2D eigenvalue weighted by Crippen LogP contribution is -2.31. The first kappa shape index (κ1) is 19.5. The van der Waals surface area contributed by atoms with E-state index in [2.05, 4.69) is 15.7 Å². The zero-order valence-corrected chi connectivity index (χ0v) is 15.3. The van der Waals surface area contributed by atoms with Crippen molar-refractivity contribution in [2.75, 3.05) is 19.7 Å². The third-order valence-corrected chi connectivity index (χ3v) is 3.86. The molecule has 0 unspecified atom stereocenters. The second-order valence-electron chi connectivity index (χ2n) is 5.87. The Labute approximate surface area is 153 Å². The van der Waals surface area contributed by atoms with Crippen LogP contribution in [0.25, 0.3) is 5.69 Å². The Morgan fingerprint density at radius 3 is 2.65 bits per heavy atom. The number of rotatable bonds is 9. The zero-order chi connectivity index (χ0) is 18.8. The molecular weight excluding hydrogens is 332 g/mol. The van der Waals surface area contributed by atoms with E-state index in [9.17, 15) is 9.59 Å². The topological polar surface area (TPSA) is 85.2 Å². The number of nitrogens with zero attached hydrogens (tertiary/aromatic N) is 2. The minimum Gasteiger partial charge on any atom is -0.450 e. The molecule has 0 spiro atoms. The molecule has 0 bridgehead atoms. The molecular formula is C19H26N4O3. The molecule has 0 aliphatic carbocycles. The Morgan fingerprint density at radius 1 is 1.15 bits per heavy atom. The first-order valence-electron chi connectivity index (χ1n) is 8.88. The van der Waals surface area contributed by atoms with Gasteiger partial charge < -0.3 is 15.4 Å². The van der Waals surface area contributed by atoms with E-state index >= 15 is 0 Å². The number of ether oxygens (including phenoxy) is 1. The third-order valence-electron chi connectivity index (χ3n) is 3.86. The van der Waals surface area contributed by atoms with Crippen molar-refractivity contribution in [2.45, 2.75) is 33.1 Å². The van der Waals surface area contributed by atoms with Crippen molar-refractivity contribution in [3.63, 3.8) is 0 Å². The molecule has 2 amide bonds. The average Bonchev–Trinajstić information content (AvgIpc) is 3.00. The third kappa shape index (κ3) is 6.23. The molecule has 0 aliphatic rings. The van der Waals surface area contributed by atoms with Gasteiger partial charge in [0.2, 0.25) is 5.91 Å². The highest BCUT2D eigenvalue weighted by Crippen LogP contribution is 2.13. The molecule has 0 radical (unpaired) electrons. The van der Waals surface area contributed by atoms with E-state index in [0.29, 0.717) is 13.2 Å². The van der Waals surface area contributed by atoms with E-state index in [0.717, 1.165) is 24.2 Å². The minimum absolute atomic E-state index is 0.0847. The van der Waals surface area contributed by atoms with Crippen molar-refractivity contribution in [3.8, 4) is 5.69 Å². The molecule has 2 aromatic rings. The quantitative estimate of drug-likeness (QED) is 0.674. The van der Waals surface area contributed by atoms with Gasteiger partial charge in [0, 0.05) is 25.7 Å². The number of hydrogen-bond acceptors (Lipinski definition) is 4.